The average molecular weight is 205 g/mol. The molecule has 1 aromatic carbocycles. The van der Waals surface area contributed by atoms with Gasteiger partial charge >= 0.3 is 11.9 Å². The number of carboxylic acid groups (broad SMARTS) is 1. The van der Waals surface area contributed by atoms with Crippen molar-refractivity contribution in [1.29, 1.82) is 0 Å². The number of carbonyl (C=O) groups excluding carboxylic acids is 1. The number of aromatic nitrogens is 1. The molecule has 0 spiro atoms. The Kier molecular flexibility index (Phi) is 2.00. The fraction of sp³-hybridized carbons (Fsp3) is 0.100. The first-order valence-corrected chi connectivity index (χ1v) is 4.23. The standard InChI is InChI=1S/C10H7NO4/c1-5(12)6-2-3-7-8(4-6)15-9(11-7)10(13)14/h2-4H,1H3,(H,13,14). The van der Waals surface area contributed by atoms with Crippen molar-refractivity contribution in [2.24, 2.45) is 0 Å². The number of nitrogens with zero attached hydrogens (tertiary/aromatic N) is 1. The van der Waals surface area contributed by atoms with E-state index in [1.807, 2.05) is 0 Å². The van der Waals surface area contributed by atoms with Crippen molar-refractivity contribution < 1.29 is 19.1 Å². The quantitative estimate of drug-likeness (QED) is 0.755. The molecular formula is C10H7NO4. The monoisotopic (exact) mass is 205 g/mol. The molecule has 0 fully saturated rings. The second-order valence-electron chi connectivity index (χ2n) is 3.06. The Hall–Kier alpha value is -2.17. The van der Waals surface area contributed by atoms with E-state index in [9.17, 15) is 9.59 Å². The Bertz CT molecular complexity index is 544. The Morgan fingerprint density at radius 1 is 1.40 bits per heavy atom. The number of ketones is 1. The Labute approximate surface area is 84.3 Å². The second kappa shape index (κ2) is 3.20. The molecule has 0 bridgehead atoms. The van der Waals surface area contributed by atoms with Crippen molar-refractivity contribution in [2.45, 2.75) is 6.92 Å². The lowest BCUT2D eigenvalue weighted by Crippen LogP contribution is -1.94. The normalized spacial score (nSPS) is 10.5. The predicted molar refractivity (Wildman–Crippen MR) is 51.0 cm³/mol. The summed E-state index contributed by atoms with van der Waals surface area (Å²) in [6.45, 7) is 1.43. The minimum absolute atomic E-state index is 0.106. The van der Waals surface area contributed by atoms with Crippen LogP contribution >= 0.6 is 0 Å². The van der Waals surface area contributed by atoms with Crippen molar-refractivity contribution >= 4 is 22.9 Å². The number of hydrogen-bond donors (Lipinski definition) is 1. The van der Waals surface area contributed by atoms with E-state index in [0.29, 0.717) is 16.7 Å². The lowest BCUT2D eigenvalue weighted by molar-refractivity contribution is 0.0656. The number of fused-ring (bicyclic) bond motifs is 1. The van der Waals surface area contributed by atoms with Crippen LogP contribution in [0.25, 0.3) is 11.1 Å². The van der Waals surface area contributed by atoms with Crippen LogP contribution in [0.5, 0.6) is 0 Å². The second-order valence-corrected chi connectivity index (χ2v) is 3.06. The number of aromatic carboxylic acids is 1. The number of hydrogen-bond acceptors (Lipinski definition) is 4. The molecule has 2 rings (SSSR count). The molecule has 0 aliphatic heterocycles. The maximum Gasteiger partial charge on any atom is 0.392 e. The summed E-state index contributed by atoms with van der Waals surface area (Å²) in [5.41, 5.74) is 1.20. The first kappa shape index (κ1) is 9.39. The number of carboxylic acids is 1. The van der Waals surface area contributed by atoms with E-state index in [1.54, 1.807) is 12.1 Å². The first-order chi connectivity index (χ1) is 7.08. The molecule has 0 aliphatic rings. The van der Waals surface area contributed by atoms with Crippen LogP contribution in [0.4, 0.5) is 0 Å². The van der Waals surface area contributed by atoms with Crippen LogP contribution in [0.3, 0.4) is 0 Å². The molecule has 76 valence electrons. The molecule has 2 aromatic rings. The molecule has 0 saturated carbocycles. The number of carbonyl (C=O) groups is 2. The fourth-order valence-corrected chi connectivity index (χ4v) is 1.24. The summed E-state index contributed by atoms with van der Waals surface area (Å²) in [4.78, 5) is 25.4. The highest BCUT2D eigenvalue weighted by Gasteiger charge is 2.13. The zero-order chi connectivity index (χ0) is 11.0. The van der Waals surface area contributed by atoms with E-state index in [4.69, 9.17) is 9.52 Å². The van der Waals surface area contributed by atoms with Gasteiger partial charge in [0.25, 0.3) is 0 Å². The van der Waals surface area contributed by atoms with Crippen molar-refractivity contribution in [3.05, 3.63) is 29.7 Å². The average Bonchev–Trinajstić information content (AvgIpc) is 2.59. The summed E-state index contributed by atoms with van der Waals surface area (Å²) < 4.78 is 4.96. The van der Waals surface area contributed by atoms with Gasteiger partial charge in [-0.2, -0.15) is 0 Å². The van der Waals surface area contributed by atoms with Crippen LogP contribution in [-0.2, 0) is 0 Å². The number of rotatable bonds is 2. The summed E-state index contributed by atoms with van der Waals surface area (Å²) >= 11 is 0. The van der Waals surface area contributed by atoms with Crippen LogP contribution in [0.1, 0.15) is 28.0 Å². The van der Waals surface area contributed by atoms with Gasteiger partial charge in [0.05, 0.1) is 0 Å². The van der Waals surface area contributed by atoms with Crippen molar-refractivity contribution in [3.63, 3.8) is 0 Å². The van der Waals surface area contributed by atoms with Crippen LogP contribution in [0.15, 0.2) is 22.6 Å². The Balaban J connectivity index is 2.62. The molecular weight excluding hydrogens is 198 g/mol. The van der Waals surface area contributed by atoms with Gasteiger partial charge < -0.3 is 9.52 Å². The molecule has 0 atom stereocenters. The molecule has 0 radical (unpaired) electrons. The largest absolute Gasteiger partial charge is 0.474 e. The number of benzene rings is 1. The summed E-state index contributed by atoms with van der Waals surface area (Å²) in [5.74, 6) is -1.70. The zero-order valence-electron chi connectivity index (χ0n) is 7.85. The van der Waals surface area contributed by atoms with Gasteiger partial charge in [-0.15, -0.1) is 0 Å². The molecule has 1 N–H and O–H groups in total. The highest BCUT2D eigenvalue weighted by Crippen LogP contribution is 2.17. The Morgan fingerprint density at radius 3 is 2.73 bits per heavy atom. The minimum Gasteiger partial charge on any atom is -0.474 e. The lowest BCUT2D eigenvalue weighted by Gasteiger charge is -1.92. The van der Waals surface area contributed by atoms with Gasteiger partial charge in [-0.25, -0.2) is 9.78 Å². The maximum atomic E-state index is 11.1. The molecule has 1 heterocycles. The fourth-order valence-electron chi connectivity index (χ4n) is 1.24. The first-order valence-electron chi connectivity index (χ1n) is 4.23. The van der Waals surface area contributed by atoms with E-state index >= 15 is 0 Å². The van der Waals surface area contributed by atoms with Gasteiger partial charge in [0, 0.05) is 5.56 Å². The molecule has 0 amide bonds. The van der Waals surface area contributed by atoms with E-state index < -0.39 is 5.97 Å². The highest BCUT2D eigenvalue weighted by atomic mass is 16.4. The van der Waals surface area contributed by atoms with Gasteiger partial charge in [-0.05, 0) is 25.1 Å². The topological polar surface area (TPSA) is 80.4 Å². The Morgan fingerprint density at radius 2 is 2.13 bits per heavy atom. The van der Waals surface area contributed by atoms with E-state index in [1.165, 1.54) is 13.0 Å². The predicted octanol–water partition coefficient (Wildman–Crippen LogP) is 1.73. The molecule has 5 nitrogen and oxygen atoms in total. The third kappa shape index (κ3) is 1.59. The van der Waals surface area contributed by atoms with Gasteiger partial charge in [0.15, 0.2) is 11.4 Å². The summed E-state index contributed by atoms with van der Waals surface area (Å²) in [7, 11) is 0. The molecule has 0 aliphatic carbocycles. The zero-order valence-corrected chi connectivity index (χ0v) is 7.85. The molecule has 15 heavy (non-hydrogen) atoms. The van der Waals surface area contributed by atoms with Crippen LogP contribution in [0.2, 0.25) is 0 Å². The highest BCUT2D eigenvalue weighted by molar-refractivity contribution is 5.97. The number of oxazole rings is 1. The smallest absolute Gasteiger partial charge is 0.392 e. The van der Waals surface area contributed by atoms with Gasteiger partial charge in [-0.1, -0.05) is 0 Å². The molecule has 0 saturated heterocycles. The summed E-state index contributed by atoms with van der Waals surface area (Å²) in [6.07, 6.45) is 0. The van der Waals surface area contributed by atoms with Gasteiger partial charge in [-0.3, -0.25) is 4.79 Å². The van der Waals surface area contributed by atoms with Crippen LogP contribution in [-0.4, -0.2) is 21.8 Å². The molecule has 5 heteroatoms. The van der Waals surface area contributed by atoms with Crippen molar-refractivity contribution in [1.82, 2.24) is 4.98 Å². The SMILES string of the molecule is CC(=O)c1ccc2nc(C(=O)O)oc2c1. The third-order valence-corrected chi connectivity index (χ3v) is 1.98. The lowest BCUT2D eigenvalue weighted by atomic mass is 10.1. The van der Waals surface area contributed by atoms with E-state index in [-0.39, 0.29) is 11.7 Å². The summed E-state index contributed by atoms with van der Waals surface area (Å²) in [5, 5.41) is 8.64. The van der Waals surface area contributed by atoms with E-state index in [2.05, 4.69) is 4.98 Å². The minimum atomic E-state index is -1.23. The van der Waals surface area contributed by atoms with Gasteiger partial charge in [0.1, 0.15) is 5.52 Å². The summed E-state index contributed by atoms with van der Waals surface area (Å²) in [6, 6.07) is 4.62. The third-order valence-electron chi connectivity index (χ3n) is 1.98. The van der Waals surface area contributed by atoms with Crippen molar-refractivity contribution in [3.8, 4) is 0 Å². The molecule has 1 aromatic heterocycles. The maximum absolute atomic E-state index is 11.1. The van der Waals surface area contributed by atoms with Crippen molar-refractivity contribution in [2.75, 3.05) is 0 Å². The molecule has 0 unspecified atom stereocenters. The number of Topliss-reactive ketones (excluding diaryl/α,β-unsaturated/α-hetero) is 1. The van der Waals surface area contributed by atoms with Crippen LogP contribution < -0.4 is 0 Å². The van der Waals surface area contributed by atoms with E-state index in [0.717, 1.165) is 0 Å². The van der Waals surface area contributed by atoms with Gasteiger partial charge in [0.2, 0.25) is 0 Å². The van der Waals surface area contributed by atoms with Crippen LogP contribution in [0, 0.1) is 0 Å².